The summed E-state index contributed by atoms with van der Waals surface area (Å²) in [5.41, 5.74) is 4.78. The molecule has 0 bridgehead atoms. The predicted molar refractivity (Wildman–Crippen MR) is 102 cm³/mol. The van der Waals surface area contributed by atoms with Crippen LogP contribution < -0.4 is 0 Å². The van der Waals surface area contributed by atoms with Gasteiger partial charge in [-0.05, 0) is 36.1 Å². The smallest absolute Gasteiger partial charge is 0.187 e. The van der Waals surface area contributed by atoms with E-state index in [4.69, 9.17) is 0 Å². The van der Waals surface area contributed by atoms with Crippen LogP contribution in [0, 0.1) is 5.82 Å². The van der Waals surface area contributed by atoms with Gasteiger partial charge in [0.25, 0.3) is 0 Å². The molecule has 3 aromatic rings. The highest BCUT2D eigenvalue weighted by Crippen LogP contribution is 2.21. The fourth-order valence-corrected chi connectivity index (χ4v) is 3.71. The molecular weight excluding hydrogens is 347 g/mol. The van der Waals surface area contributed by atoms with Gasteiger partial charge in [0.2, 0.25) is 0 Å². The molecule has 4 rings (SSSR count). The molecule has 0 N–H and O–H groups in total. The summed E-state index contributed by atoms with van der Waals surface area (Å²) in [4.78, 5) is 11.5. The summed E-state index contributed by atoms with van der Waals surface area (Å²) in [7, 11) is 0. The van der Waals surface area contributed by atoms with E-state index in [0.717, 1.165) is 43.3 Å². The highest BCUT2D eigenvalue weighted by Gasteiger charge is 2.19. The van der Waals surface area contributed by atoms with E-state index in [1.807, 2.05) is 24.6 Å². The quantitative estimate of drug-likeness (QED) is 0.507. The third-order valence-corrected chi connectivity index (χ3v) is 5.31. The normalized spacial score (nSPS) is 14.4. The van der Waals surface area contributed by atoms with Gasteiger partial charge in [-0.3, -0.25) is 4.90 Å². The first-order chi connectivity index (χ1) is 12.7. The van der Waals surface area contributed by atoms with Crippen molar-refractivity contribution in [1.29, 1.82) is 0 Å². The maximum atomic E-state index is 13.1. The van der Waals surface area contributed by atoms with E-state index in [9.17, 15) is 4.39 Å². The first kappa shape index (κ1) is 17.2. The highest BCUT2D eigenvalue weighted by atomic mass is 32.2. The van der Waals surface area contributed by atoms with Crippen LogP contribution in [0.2, 0.25) is 0 Å². The third kappa shape index (κ3) is 3.81. The van der Waals surface area contributed by atoms with Gasteiger partial charge in [0.05, 0.1) is 5.69 Å². The topological polar surface area (TPSA) is 34.0 Å². The van der Waals surface area contributed by atoms with Gasteiger partial charge < -0.3 is 4.57 Å². The van der Waals surface area contributed by atoms with Gasteiger partial charge in [0.15, 0.2) is 5.16 Å². The lowest BCUT2D eigenvalue weighted by Crippen LogP contribution is -2.31. The van der Waals surface area contributed by atoms with E-state index in [2.05, 4.69) is 37.8 Å². The summed E-state index contributed by atoms with van der Waals surface area (Å²) < 4.78 is 15.3. The molecular formula is C20H21FN4S. The van der Waals surface area contributed by atoms with E-state index < -0.39 is 0 Å². The van der Waals surface area contributed by atoms with Crippen molar-refractivity contribution in [3.05, 3.63) is 77.1 Å². The Morgan fingerprint density at radius 3 is 2.81 bits per heavy atom. The first-order valence-electron chi connectivity index (χ1n) is 8.71. The molecule has 0 spiro atoms. The maximum absolute atomic E-state index is 13.1. The molecule has 0 aliphatic carbocycles. The van der Waals surface area contributed by atoms with Crippen LogP contribution in [0.1, 0.15) is 22.5 Å². The zero-order valence-electron chi connectivity index (χ0n) is 14.7. The van der Waals surface area contributed by atoms with Gasteiger partial charge in [0, 0.05) is 56.3 Å². The van der Waals surface area contributed by atoms with Crippen LogP contribution in [-0.2, 0) is 26.1 Å². The van der Waals surface area contributed by atoms with Crippen LogP contribution in [0.5, 0.6) is 0 Å². The number of hydrogen-bond donors (Lipinski definition) is 0. The lowest BCUT2D eigenvalue weighted by molar-refractivity contribution is 0.236. The van der Waals surface area contributed by atoms with Crippen LogP contribution in [0.4, 0.5) is 4.39 Å². The first-order valence-corrected chi connectivity index (χ1v) is 9.93. The number of thioether (sulfide) groups is 1. The third-order valence-electron chi connectivity index (χ3n) is 4.75. The lowest BCUT2D eigenvalue weighted by Gasteiger charge is -2.28. The monoisotopic (exact) mass is 368 g/mol. The van der Waals surface area contributed by atoms with Gasteiger partial charge in [-0.1, -0.05) is 23.9 Å². The van der Waals surface area contributed by atoms with Crippen molar-refractivity contribution in [1.82, 2.24) is 19.4 Å². The van der Waals surface area contributed by atoms with E-state index in [1.54, 1.807) is 11.8 Å². The molecule has 0 amide bonds. The van der Waals surface area contributed by atoms with Crippen molar-refractivity contribution in [3.8, 4) is 0 Å². The largest absolute Gasteiger partial charge is 0.346 e. The molecule has 2 aromatic heterocycles. The molecule has 3 heterocycles. The average Bonchev–Trinajstić information content (AvgIpc) is 3.10. The van der Waals surface area contributed by atoms with E-state index in [1.165, 1.54) is 29.1 Å². The van der Waals surface area contributed by atoms with E-state index in [-0.39, 0.29) is 5.82 Å². The van der Waals surface area contributed by atoms with Crippen molar-refractivity contribution < 1.29 is 4.39 Å². The Labute approximate surface area is 157 Å². The predicted octanol–water partition coefficient (Wildman–Crippen LogP) is 3.75. The second kappa shape index (κ2) is 7.60. The number of halogens is 1. The Bertz CT molecular complexity index is 891. The Balaban J connectivity index is 1.45. The molecule has 1 aromatic carbocycles. The van der Waals surface area contributed by atoms with Crippen LogP contribution in [0.15, 0.2) is 53.9 Å². The summed E-state index contributed by atoms with van der Waals surface area (Å²) in [6, 6.07) is 11.0. The van der Waals surface area contributed by atoms with Crippen molar-refractivity contribution in [3.63, 3.8) is 0 Å². The summed E-state index contributed by atoms with van der Waals surface area (Å²) in [6.07, 6.45) is 7.03. The van der Waals surface area contributed by atoms with Gasteiger partial charge in [0.1, 0.15) is 5.82 Å². The molecule has 1 aliphatic heterocycles. The van der Waals surface area contributed by atoms with E-state index >= 15 is 0 Å². The van der Waals surface area contributed by atoms with E-state index in [0.29, 0.717) is 0 Å². The average molecular weight is 368 g/mol. The Morgan fingerprint density at radius 2 is 2.00 bits per heavy atom. The molecule has 0 saturated carbocycles. The number of rotatable bonds is 5. The molecule has 26 heavy (non-hydrogen) atoms. The molecule has 0 saturated heterocycles. The van der Waals surface area contributed by atoms with Crippen molar-refractivity contribution in [2.24, 2.45) is 0 Å². The molecule has 0 unspecified atom stereocenters. The zero-order chi connectivity index (χ0) is 17.9. The van der Waals surface area contributed by atoms with Gasteiger partial charge in [-0.25, -0.2) is 14.4 Å². The fourth-order valence-electron chi connectivity index (χ4n) is 3.35. The minimum absolute atomic E-state index is 0.194. The highest BCUT2D eigenvalue weighted by molar-refractivity contribution is 7.98. The molecule has 0 radical (unpaired) electrons. The number of fused-ring (bicyclic) bond motifs is 1. The fraction of sp³-hybridized carbons (Fsp3) is 0.300. The zero-order valence-corrected chi connectivity index (χ0v) is 15.5. The number of benzene rings is 1. The van der Waals surface area contributed by atoms with Crippen molar-refractivity contribution in [2.45, 2.75) is 31.2 Å². The molecule has 1 aliphatic rings. The van der Waals surface area contributed by atoms with Crippen LogP contribution in [0.3, 0.4) is 0 Å². The second-order valence-corrected chi connectivity index (χ2v) is 7.32. The summed E-state index contributed by atoms with van der Waals surface area (Å²) in [5, 5.41) is 0.852. The lowest BCUT2D eigenvalue weighted by atomic mass is 10.1. The minimum atomic E-state index is -0.194. The number of aromatic nitrogens is 3. The Kier molecular flexibility index (Phi) is 5.04. The molecule has 6 heteroatoms. The number of hydrogen-bond acceptors (Lipinski definition) is 4. The molecule has 0 fully saturated rings. The summed E-state index contributed by atoms with van der Waals surface area (Å²) in [5.74, 6) is -0.194. The maximum Gasteiger partial charge on any atom is 0.187 e. The summed E-state index contributed by atoms with van der Waals surface area (Å²) in [6.45, 7) is 3.52. The van der Waals surface area contributed by atoms with Crippen LogP contribution in [-0.4, -0.2) is 32.2 Å². The molecule has 4 nitrogen and oxygen atoms in total. The van der Waals surface area contributed by atoms with Crippen molar-refractivity contribution in [2.75, 3.05) is 12.8 Å². The van der Waals surface area contributed by atoms with Crippen LogP contribution >= 0.6 is 11.8 Å². The number of nitrogens with zero attached hydrogens (tertiary/aromatic N) is 4. The standard InChI is InChI=1S/C20H21FN4S/c1-26-20-22-11-16-13-24(10-8-19(16)23-20)14-18-3-2-9-25(18)12-15-4-6-17(21)7-5-15/h2-7,9,11H,8,10,12-14H2,1H3. The minimum Gasteiger partial charge on any atom is -0.346 e. The Hall–Kier alpha value is -2.18. The second-order valence-electron chi connectivity index (χ2n) is 6.54. The van der Waals surface area contributed by atoms with Gasteiger partial charge in [-0.2, -0.15) is 0 Å². The summed E-state index contributed by atoms with van der Waals surface area (Å²) >= 11 is 1.59. The molecule has 134 valence electrons. The van der Waals surface area contributed by atoms with Crippen LogP contribution in [0.25, 0.3) is 0 Å². The Morgan fingerprint density at radius 1 is 1.15 bits per heavy atom. The van der Waals surface area contributed by atoms with Gasteiger partial charge >= 0.3 is 0 Å². The van der Waals surface area contributed by atoms with Gasteiger partial charge in [-0.15, -0.1) is 0 Å². The SMILES string of the molecule is CSc1ncc2c(n1)CCN(Cc1cccn1Cc1ccc(F)cc1)C2. The molecule has 0 atom stereocenters. The van der Waals surface area contributed by atoms with Crippen molar-refractivity contribution >= 4 is 11.8 Å².